The summed E-state index contributed by atoms with van der Waals surface area (Å²) in [5, 5.41) is 0. The molecule has 0 fully saturated rings. The Morgan fingerprint density at radius 1 is 0.773 bits per heavy atom. The average Bonchev–Trinajstić information content (AvgIpc) is 2.50. The van der Waals surface area contributed by atoms with Crippen molar-refractivity contribution < 1.29 is 9.53 Å². The van der Waals surface area contributed by atoms with E-state index in [1.54, 1.807) is 6.08 Å². The zero-order chi connectivity index (χ0) is 16.3. The van der Waals surface area contributed by atoms with Crippen LogP contribution in [0.1, 0.15) is 97.3 Å². The van der Waals surface area contributed by atoms with Crippen LogP contribution in [0.4, 0.5) is 0 Å². The van der Waals surface area contributed by atoms with Crippen molar-refractivity contribution in [1.82, 2.24) is 0 Å². The van der Waals surface area contributed by atoms with Crippen LogP contribution in [0.15, 0.2) is 24.5 Å². The van der Waals surface area contributed by atoms with Gasteiger partial charge in [0.05, 0.1) is 6.26 Å². The van der Waals surface area contributed by atoms with E-state index in [2.05, 4.69) is 13.0 Å². The van der Waals surface area contributed by atoms with Gasteiger partial charge in [-0.3, -0.25) is 4.79 Å². The first-order valence-corrected chi connectivity index (χ1v) is 9.26. The van der Waals surface area contributed by atoms with Crippen LogP contribution in [0.3, 0.4) is 0 Å². The van der Waals surface area contributed by atoms with Gasteiger partial charge in [0.25, 0.3) is 0 Å². The second kappa shape index (κ2) is 18.0. The number of esters is 1. The van der Waals surface area contributed by atoms with Crippen LogP contribution in [-0.4, -0.2) is 5.97 Å². The molecule has 22 heavy (non-hydrogen) atoms. The molecule has 0 bridgehead atoms. The highest BCUT2D eigenvalue weighted by Crippen LogP contribution is 2.12. The van der Waals surface area contributed by atoms with Crippen molar-refractivity contribution in [3.05, 3.63) is 24.5 Å². The van der Waals surface area contributed by atoms with E-state index in [1.807, 2.05) is 6.08 Å². The van der Waals surface area contributed by atoms with Crippen molar-refractivity contribution in [3.63, 3.8) is 0 Å². The third kappa shape index (κ3) is 18.9. The summed E-state index contributed by atoms with van der Waals surface area (Å²) in [5.74, 6) is -0.273. The molecular formula is C20H36O2. The largest absolute Gasteiger partial charge is 0.435 e. The normalized spacial score (nSPS) is 11.5. The average molecular weight is 309 g/mol. The molecule has 0 amide bonds. The molecule has 0 heterocycles. The Labute approximate surface area is 138 Å². The molecule has 0 aromatic heterocycles. The van der Waals surface area contributed by atoms with E-state index >= 15 is 0 Å². The lowest BCUT2D eigenvalue weighted by atomic mass is 10.0. The van der Waals surface area contributed by atoms with Crippen LogP contribution >= 0.6 is 0 Å². The van der Waals surface area contributed by atoms with Gasteiger partial charge < -0.3 is 4.74 Å². The molecule has 0 aliphatic carbocycles. The molecule has 0 atom stereocenters. The maximum atomic E-state index is 10.5. The van der Waals surface area contributed by atoms with E-state index in [1.165, 1.54) is 90.2 Å². The van der Waals surface area contributed by atoms with E-state index in [-0.39, 0.29) is 5.97 Å². The van der Waals surface area contributed by atoms with Crippen LogP contribution in [0.5, 0.6) is 0 Å². The van der Waals surface area contributed by atoms with Gasteiger partial charge in [0.1, 0.15) is 0 Å². The number of unbranched alkanes of at least 4 members (excludes halogenated alkanes) is 12. The van der Waals surface area contributed by atoms with Crippen molar-refractivity contribution in [2.75, 3.05) is 0 Å². The van der Waals surface area contributed by atoms with Crippen LogP contribution < -0.4 is 0 Å². The molecule has 0 saturated heterocycles. The van der Waals surface area contributed by atoms with Gasteiger partial charge in [-0.1, -0.05) is 89.7 Å². The third-order valence-electron chi connectivity index (χ3n) is 3.78. The first-order chi connectivity index (χ1) is 10.8. The minimum Gasteiger partial charge on any atom is -0.435 e. The molecule has 0 aromatic rings. The Balaban J connectivity index is 3.12. The lowest BCUT2D eigenvalue weighted by Gasteiger charge is -2.02. The van der Waals surface area contributed by atoms with Gasteiger partial charge in [-0.15, -0.1) is 0 Å². The molecule has 0 aromatic carbocycles. The van der Waals surface area contributed by atoms with Gasteiger partial charge in [0.15, 0.2) is 0 Å². The van der Waals surface area contributed by atoms with Crippen LogP contribution in [0.2, 0.25) is 0 Å². The first kappa shape index (κ1) is 20.9. The van der Waals surface area contributed by atoms with Crippen molar-refractivity contribution in [2.24, 2.45) is 0 Å². The Hall–Kier alpha value is -1.05. The summed E-state index contributed by atoms with van der Waals surface area (Å²) in [7, 11) is 0. The van der Waals surface area contributed by atoms with Crippen molar-refractivity contribution in [2.45, 2.75) is 97.3 Å². The lowest BCUT2D eigenvalue weighted by molar-refractivity contribution is -0.135. The maximum absolute atomic E-state index is 10.5. The monoisotopic (exact) mass is 308 g/mol. The van der Waals surface area contributed by atoms with Gasteiger partial charge in [0.2, 0.25) is 0 Å². The molecular weight excluding hydrogens is 272 g/mol. The van der Waals surface area contributed by atoms with Crippen LogP contribution in [0.25, 0.3) is 0 Å². The van der Waals surface area contributed by atoms with E-state index < -0.39 is 0 Å². The number of carbonyl (C=O) groups is 1. The Bertz CT molecular complexity index is 292. The molecule has 0 N–H and O–H groups in total. The van der Waals surface area contributed by atoms with Gasteiger partial charge >= 0.3 is 5.97 Å². The fourth-order valence-electron chi connectivity index (χ4n) is 2.46. The van der Waals surface area contributed by atoms with Crippen LogP contribution in [-0.2, 0) is 9.53 Å². The van der Waals surface area contributed by atoms with E-state index in [4.69, 9.17) is 4.74 Å². The summed E-state index contributed by atoms with van der Waals surface area (Å²) < 4.78 is 4.69. The standard InChI is InChI=1S/C20H36O2/c1-3-4-5-6-7-8-9-10-11-12-13-14-15-16-17-18-19-22-20(2)21/h16-19H,3-15H2,1-2H3/b17-16+,19-18+. The molecule has 0 aliphatic heterocycles. The SMILES string of the molecule is CCCCCCCCCCCCCC/C=C/C=C/OC(C)=O. The van der Waals surface area contributed by atoms with E-state index in [0.29, 0.717) is 0 Å². The zero-order valence-electron chi connectivity index (χ0n) is 14.8. The summed E-state index contributed by atoms with van der Waals surface area (Å²) in [5.41, 5.74) is 0. The van der Waals surface area contributed by atoms with Gasteiger partial charge in [-0.25, -0.2) is 0 Å². The Morgan fingerprint density at radius 2 is 1.27 bits per heavy atom. The minimum absolute atomic E-state index is 0.273. The van der Waals surface area contributed by atoms with Gasteiger partial charge in [-0.2, -0.15) is 0 Å². The van der Waals surface area contributed by atoms with Gasteiger partial charge in [0, 0.05) is 6.92 Å². The predicted octanol–water partition coefficient (Wildman–Crippen LogP) is 6.71. The molecule has 0 radical (unpaired) electrons. The molecule has 0 saturated carbocycles. The lowest BCUT2D eigenvalue weighted by Crippen LogP contribution is -1.88. The topological polar surface area (TPSA) is 26.3 Å². The second-order valence-electron chi connectivity index (χ2n) is 6.04. The fraction of sp³-hybridized carbons (Fsp3) is 0.750. The van der Waals surface area contributed by atoms with E-state index in [9.17, 15) is 4.79 Å². The highest BCUT2D eigenvalue weighted by Gasteiger charge is 1.92. The summed E-state index contributed by atoms with van der Waals surface area (Å²) in [4.78, 5) is 10.5. The zero-order valence-corrected chi connectivity index (χ0v) is 14.8. The van der Waals surface area contributed by atoms with Crippen molar-refractivity contribution in [3.8, 4) is 0 Å². The quantitative estimate of drug-likeness (QED) is 0.145. The summed E-state index contributed by atoms with van der Waals surface area (Å²) >= 11 is 0. The highest BCUT2D eigenvalue weighted by atomic mass is 16.5. The fourth-order valence-corrected chi connectivity index (χ4v) is 2.46. The summed E-state index contributed by atoms with van der Waals surface area (Å²) in [6, 6.07) is 0. The minimum atomic E-state index is -0.273. The predicted molar refractivity (Wildman–Crippen MR) is 95.7 cm³/mol. The molecule has 0 spiro atoms. The number of hydrogen-bond donors (Lipinski definition) is 0. The molecule has 2 nitrogen and oxygen atoms in total. The van der Waals surface area contributed by atoms with Crippen LogP contribution in [0, 0.1) is 0 Å². The number of hydrogen-bond acceptors (Lipinski definition) is 2. The third-order valence-corrected chi connectivity index (χ3v) is 3.78. The molecule has 0 unspecified atom stereocenters. The van der Waals surface area contributed by atoms with Gasteiger partial charge in [-0.05, 0) is 18.9 Å². The Kier molecular flexibility index (Phi) is 17.1. The summed E-state index contributed by atoms with van der Waals surface area (Å²) in [6.45, 7) is 3.68. The van der Waals surface area contributed by atoms with Crippen molar-refractivity contribution in [1.29, 1.82) is 0 Å². The number of ether oxygens (including phenoxy) is 1. The second-order valence-corrected chi connectivity index (χ2v) is 6.04. The van der Waals surface area contributed by atoms with E-state index in [0.717, 1.165) is 6.42 Å². The molecule has 128 valence electrons. The molecule has 0 aliphatic rings. The summed E-state index contributed by atoms with van der Waals surface area (Å²) in [6.07, 6.45) is 25.1. The number of allylic oxidation sites excluding steroid dienone is 3. The first-order valence-electron chi connectivity index (χ1n) is 9.26. The highest BCUT2D eigenvalue weighted by molar-refractivity contribution is 5.66. The Morgan fingerprint density at radius 3 is 1.77 bits per heavy atom. The van der Waals surface area contributed by atoms with Crippen molar-refractivity contribution >= 4 is 5.97 Å². The number of rotatable bonds is 15. The molecule has 2 heteroatoms. The number of carbonyl (C=O) groups excluding carboxylic acids is 1. The maximum Gasteiger partial charge on any atom is 0.307 e. The molecule has 0 rings (SSSR count). The smallest absolute Gasteiger partial charge is 0.307 e.